The average molecular weight is 773 g/mol. The quantitative estimate of drug-likeness (QED) is 0.136. The van der Waals surface area contributed by atoms with E-state index in [9.17, 15) is 0 Å². The first kappa shape index (κ1) is 58.3. The molecule has 0 saturated heterocycles. The van der Waals surface area contributed by atoms with Gasteiger partial charge in [0.15, 0.2) is 0 Å². The zero-order chi connectivity index (χ0) is 43.2. The molecular weight excluding hydrogens is 665 g/mol. The number of unbranched alkanes of at least 4 members (excludes halogenated alkanes) is 2. The summed E-state index contributed by atoms with van der Waals surface area (Å²) < 4.78 is 0. The van der Waals surface area contributed by atoms with Crippen LogP contribution in [-0.4, -0.2) is 19.6 Å². The van der Waals surface area contributed by atoms with Crippen LogP contribution in [0.5, 0.6) is 0 Å². The van der Waals surface area contributed by atoms with Crippen molar-refractivity contribution in [3.05, 3.63) is 36.6 Å². The third-order valence-corrected chi connectivity index (χ3v) is 13.2. The number of rotatable bonds is 14. The molecule has 0 aliphatic heterocycles. The average Bonchev–Trinajstić information content (AvgIpc) is 3.40. The molecule has 0 bridgehead atoms. The Hall–Kier alpha value is -1.02. The summed E-state index contributed by atoms with van der Waals surface area (Å²) >= 11 is 0. The molecule has 330 valence electrons. The first-order chi connectivity index (χ1) is 26.1. The molecule has 0 spiro atoms. The Morgan fingerprint density at radius 1 is 0.673 bits per heavy atom. The molecule has 4 saturated carbocycles. The number of fused-ring (bicyclic) bond motifs is 5. The van der Waals surface area contributed by atoms with E-state index in [4.69, 9.17) is 0 Å². The summed E-state index contributed by atoms with van der Waals surface area (Å²) in [4.78, 5) is 0. The molecule has 0 aromatic carbocycles. The fourth-order valence-electron chi connectivity index (χ4n) is 10.7. The molecule has 0 heterocycles. The molecule has 4 rings (SSSR count). The van der Waals surface area contributed by atoms with Crippen molar-refractivity contribution in [2.75, 3.05) is 19.6 Å². The molecule has 2 N–H and O–H groups in total. The Kier molecular flexibility index (Phi) is 35.9. The van der Waals surface area contributed by atoms with Crippen LogP contribution in [0.25, 0.3) is 0 Å². The van der Waals surface area contributed by atoms with Gasteiger partial charge in [0.1, 0.15) is 0 Å². The molecule has 4 aliphatic rings. The smallest absolute Gasteiger partial charge is 0.0269 e. The van der Waals surface area contributed by atoms with Crippen molar-refractivity contribution in [3.8, 4) is 0 Å². The van der Waals surface area contributed by atoms with Gasteiger partial charge in [0.2, 0.25) is 0 Å². The monoisotopic (exact) mass is 773 g/mol. The van der Waals surface area contributed by atoms with Gasteiger partial charge in [-0.25, -0.2) is 0 Å². The molecular formula is C53H108N2. The molecule has 2 nitrogen and oxygen atoms in total. The van der Waals surface area contributed by atoms with Gasteiger partial charge in [-0.1, -0.05) is 154 Å². The fraction of sp³-hybridized carbons (Fsp3) is 0.887. The first-order valence-electron chi connectivity index (χ1n) is 24.5. The van der Waals surface area contributed by atoms with Gasteiger partial charge >= 0.3 is 0 Å². The lowest BCUT2D eigenvalue weighted by Gasteiger charge is -2.62. The molecule has 0 aromatic rings. The molecule has 55 heavy (non-hydrogen) atoms. The van der Waals surface area contributed by atoms with Crippen LogP contribution in [0.1, 0.15) is 227 Å². The normalized spacial score (nSPS) is 29.5. The molecule has 9 unspecified atom stereocenters. The zero-order valence-electron chi connectivity index (χ0n) is 41.7. The Morgan fingerprint density at radius 3 is 1.67 bits per heavy atom. The van der Waals surface area contributed by atoms with Crippen LogP contribution >= 0.6 is 0 Å². The minimum absolute atomic E-state index is 0.553. The third kappa shape index (κ3) is 21.5. The lowest BCUT2D eigenvalue weighted by molar-refractivity contribution is -0.128. The van der Waals surface area contributed by atoms with E-state index in [-0.39, 0.29) is 0 Å². The van der Waals surface area contributed by atoms with Crippen molar-refractivity contribution < 1.29 is 0 Å². The van der Waals surface area contributed by atoms with Gasteiger partial charge in [0.05, 0.1) is 0 Å². The Morgan fingerprint density at radius 2 is 1.20 bits per heavy atom. The van der Waals surface area contributed by atoms with Crippen molar-refractivity contribution in [3.63, 3.8) is 0 Å². The van der Waals surface area contributed by atoms with Crippen molar-refractivity contribution in [2.45, 2.75) is 227 Å². The maximum atomic E-state index is 4.48. The Balaban J connectivity index is -0.00000113. The van der Waals surface area contributed by atoms with Gasteiger partial charge in [-0.2, -0.15) is 0 Å². The van der Waals surface area contributed by atoms with Crippen LogP contribution in [0.4, 0.5) is 0 Å². The molecule has 0 aromatic heterocycles. The second kappa shape index (κ2) is 33.9. The highest BCUT2D eigenvalue weighted by Gasteiger charge is 2.62. The van der Waals surface area contributed by atoms with Gasteiger partial charge < -0.3 is 10.6 Å². The summed E-state index contributed by atoms with van der Waals surface area (Å²) in [7, 11) is 0. The summed E-state index contributed by atoms with van der Waals surface area (Å²) in [6.45, 7) is 55.0. The second-order valence-electron chi connectivity index (χ2n) is 18.6. The number of hydrogen-bond donors (Lipinski definition) is 2. The second-order valence-corrected chi connectivity index (χ2v) is 18.6. The maximum Gasteiger partial charge on any atom is 0.0269 e. The van der Waals surface area contributed by atoms with E-state index in [1.54, 1.807) is 0 Å². The van der Waals surface area contributed by atoms with Crippen LogP contribution in [0.15, 0.2) is 36.6 Å². The van der Waals surface area contributed by atoms with Crippen LogP contribution < -0.4 is 10.6 Å². The van der Waals surface area contributed by atoms with Crippen LogP contribution in [0.2, 0.25) is 0 Å². The molecule has 0 radical (unpaired) electrons. The summed E-state index contributed by atoms with van der Waals surface area (Å²) in [5.74, 6) is 7.26. The first-order valence-corrected chi connectivity index (χ1v) is 24.5. The number of allylic oxidation sites excluding steroid dienone is 3. The van der Waals surface area contributed by atoms with Crippen LogP contribution in [0.3, 0.4) is 0 Å². The molecule has 9 atom stereocenters. The highest BCUT2D eigenvalue weighted by Crippen LogP contribution is 2.70. The summed E-state index contributed by atoms with van der Waals surface area (Å²) in [5, 5.41) is 7.23. The van der Waals surface area contributed by atoms with Crippen LogP contribution in [0, 0.1) is 58.2 Å². The van der Waals surface area contributed by atoms with E-state index in [1.165, 1.54) is 120 Å². The lowest BCUT2D eigenvalue weighted by atomic mass is 9.43. The summed E-state index contributed by atoms with van der Waals surface area (Å²) in [6, 6.07) is 0. The topological polar surface area (TPSA) is 24.1 Å². The van der Waals surface area contributed by atoms with Crippen molar-refractivity contribution in [2.24, 2.45) is 58.2 Å². The van der Waals surface area contributed by atoms with Gasteiger partial charge in [0, 0.05) is 18.8 Å². The molecule has 0 amide bonds. The third-order valence-electron chi connectivity index (χ3n) is 13.2. The largest absolute Gasteiger partial charge is 0.388 e. The number of hydrogen-bond acceptors (Lipinski definition) is 2. The van der Waals surface area contributed by atoms with Gasteiger partial charge in [-0.15, -0.1) is 13.2 Å². The predicted molar refractivity (Wildman–Crippen MR) is 257 cm³/mol. The zero-order valence-corrected chi connectivity index (χ0v) is 41.7. The van der Waals surface area contributed by atoms with Gasteiger partial charge in [-0.3, -0.25) is 0 Å². The van der Waals surface area contributed by atoms with E-state index in [1.807, 2.05) is 55.4 Å². The van der Waals surface area contributed by atoms with E-state index >= 15 is 0 Å². The Labute approximate surface area is 351 Å². The molecule has 4 fully saturated rings. The number of nitrogens with one attached hydrogen (secondary N) is 2. The van der Waals surface area contributed by atoms with Crippen LogP contribution in [-0.2, 0) is 0 Å². The summed E-state index contributed by atoms with van der Waals surface area (Å²) in [5.41, 5.74) is 5.00. The highest BCUT2D eigenvalue weighted by atomic mass is 14.9. The van der Waals surface area contributed by atoms with Crippen molar-refractivity contribution in [1.29, 1.82) is 0 Å². The molecule has 2 heteroatoms. The minimum atomic E-state index is 0.553. The maximum absolute atomic E-state index is 4.48. The summed E-state index contributed by atoms with van der Waals surface area (Å²) in [6.07, 6.45) is 22.2. The van der Waals surface area contributed by atoms with Gasteiger partial charge in [0.25, 0.3) is 0 Å². The van der Waals surface area contributed by atoms with E-state index in [0.717, 1.165) is 67.0 Å². The standard InChI is InChI=1S/C33H58N2.C6H14.C4H8.C4H10.3C2H6/c1-8-9-16-34-17-18-35-25(5)20-28-24(4)22-33(7)29(28)12-13-30-31(33)11-10-27-21-26(19-23(2)3)14-15-32(27,30)6;1-4-5-6(2)3;1-4(2)3;1-3-4-2;3*1-2/h24,26-31,34-35H,2,5,8-22H2,1,3-4,6-7H3;6H,4-5H2,1-3H3;1H2,2-3H3;3-4H2,1-2H3;3*1-2H3. The van der Waals surface area contributed by atoms with E-state index < -0.39 is 0 Å². The minimum Gasteiger partial charge on any atom is -0.388 e. The fourth-order valence-corrected chi connectivity index (χ4v) is 10.7. The lowest BCUT2D eigenvalue weighted by Crippen LogP contribution is -2.54. The van der Waals surface area contributed by atoms with E-state index in [2.05, 4.69) is 99.6 Å². The van der Waals surface area contributed by atoms with E-state index in [0.29, 0.717) is 10.8 Å². The molecule has 4 aliphatic carbocycles. The predicted octanol–water partition coefficient (Wildman–Crippen LogP) is 17.3. The van der Waals surface area contributed by atoms with Gasteiger partial charge in [-0.05, 0) is 156 Å². The van der Waals surface area contributed by atoms with Crippen molar-refractivity contribution in [1.82, 2.24) is 10.6 Å². The highest BCUT2D eigenvalue weighted by molar-refractivity contribution is 5.13. The van der Waals surface area contributed by atoms with Crippen molar-refractivity contribution >= 4 is 0 Å². The Bertz CT molecular complexity index is 927. The SMILES string of the molecule is C=C(C)C.C=C(C)CC1CCC2(C)C(CCC3C2CCC2C(CC(=C)NCCNCCCC)C(C)CC23C)C1.CC.CC.CC.CCCC.CCCC(C)C.